The molecule has 0 saturated heterocycles. The maximum atomic E-state index is 5.92. The molecule has 0 aromatic carbocycles. The van der Waals surface area contributed by atoms with Crippen LogP contribution in [0.15, 0.2) is 24.7 Å². The molecule has 7 nitrogen and oxygen atoms in total. The highest BCUT2D eigenvalue weighted by molar-refractivity contribution is 6.02. The van der Waals surface area contributed by atoms with Gasteiger partial charge in [0.2, 0.25) is 0 Å². The number of rotatable bonds is 0. The number of hydrogen-bond acceptors (Lipinski definition) is 4. The number of imidazole rings is 1. The smallest absolute Gasteiger partial charge is 0.381 e. The first-order valence-corrected chi connectivity index (χ1v) is 5.11. The van der Waals surface area contributed by atoms with Gasteiger partial charge >= 0.3 is 5.78 Å². The van der Waals surface area contributed by atoms with Gasteiger partial charge in [-0.1, -0.05) is 4.98 Å². The van der Waals surface area contributed by atoms with Gasteiger partial charge in [-0.2, -0.15) is 0 Å². The first-order valence-electron chi connectivity index (χ1n) is 5.11. The summed E-state index contributed by atoms with van der Waals surface area (Å²) in [5.41, 5.74) is 9.08. The topological polar surface area (TPSA) is 100 Å². The van der Waals surface area contributed by atoms with Crippen molar-refractivity contribution in [2.45, 2.75) is 0 Å². The van der Waals surface area contributed by atoms with Gasteiger partial charge in [0.05, 0.1) is 5.52 Å². The molecule has 0 fully saturated rings. The van der Waals surface area contributed by atoms with Crippen molar-refractivity contribution in [1.29, 1.82) is 0 Å². The van der Waals surface area contributed by atoms with Crippen molar-refractivity contribution in [2.75, 3.05) is 5.73 Å². The Labute approximate surface area is 94.3 Å². The van der Waals surface area contributed by atoms with E-state index in [1.165, 1.54) is 0 Å². The lowest BCUT2D eigenvalue weighted by Gasteiger charge is -1.97. The predicted octanol–water partition coefficient (Wildman–Crippen LogP) is 0.155. The number of nitrogens with zero attached hydrogens (tertiary/aromatic N) is 4. The average Bonchev–Trinajstić information content (AvgIpc) is 2.89. The minimum atomic E-state index is 0.444. The normalized spacial score (nSPS) is 11.8. The maximum Gasteiger partial charge on any atom is 0.421 e. The molecule has 4 rings (SSSR count). The second-order valence-electron chi connectivity index (χ2n) is 3.76. The minimum Gasteiger partial charge on any atom is -0.381 e. The van der Waals surface area contributed by atoms with Crippen LogP contribution < -0.4 is 10.2 Å². The van der Waals surface area contributed by atoms with Crippen LogP contribution in [0.1, 0.15) is 0 Å². The Morgan fingerprint density at radius 2 is 2.24 bits per heavy atom. The molecule has 0 saturated carbocycles. The van der Waals surface area contributed by atoms with E-state index < -0.39 is 0 Å². The summed E-state index contributed by atoms with van der Waals surface area (Å²) in [5, 5.41) is 3.01. The summed E-state index contributed by atoms with van der Waals surface area (Å²) in [4.78, 5) is 15.9. The van der Waals surface area contributed by atoms with Gasteiger partial charge in [-0.3, -0.25) is 4.98 Å². The summed E-state index contributed by atoms with van der Waals surface area (Å²) in [6, 6.07) is 3.72. The number of fused-ring (bicyclic) bond motifs is 5. The van der Waals surface area contributed by atoms with E-state index >= 15 is 0 Å². The van der Waals surface area contributed by atoms with Crippen molar-refractivity contribution in [3.05, 3.63) is 24.7 Å². The quantitative estimate of drug-likeness (QED) is 0.372. The number of nitrogen functional groups attached to an aromatic ring is 1. The summed E-state index contributed by atoms with van der Waals surface area (Å²) in [5.74, 6) is 1.13. The van der Waals surface area contributed by atoms with Gasteiger partial charge in [0.25, 0.3) is 0 Å². The third-order valence-corrected chi connectivity index (χ3v) is 2.79. The zero-order chi connectivity index (χ0) is 11.4. The average molecular weight is 226 g/mol. The largest absolute Gasteiger partial charge is 0.421 e. The molecule has 4 aromatic heterocycles. The Balaban J connectivity index is 2.43. The summed E-state index contributed by atoms with van der Waals surface area (Å²) in [7, 11) is 0. The van der Waals surface area contributed by atoms with Crippen LogP contribution in [0.5, 0.6) is 0 Å². The van der Waals surface area contributed by atoms with Crippen LogP contribution >= 0.6 is 0 Å². The molecule has 0 bridgehead atoms. The number of anilines is 1. The molecule has 4 N–H and O–H groups in total. The van der Waals surface area contributed by atoms with E-state index in [2.05, 4.69) is 25.0 Å². The molecule has 0 aliphatic carbocycles. The molecule has 0 atom stereocenters. The molecular weight excluding hydrogens is 218 g/mol. The summed E-state index contributed by atoms with van der Waals surface area (Å²) < 4.78 is 1.81. The number of hydrogen-bond donors (Lipinski definition) is 3. The lowest BCUT2D eigenvalue weighted by molar-refractivity contribution is -0.547. The Kier molecular flexibility index (Phi) is 1.34. The van der Waals surface area contributed by atoms with Crippen LogP contribution in [0.25, 0.3) is 27.8 Å². The van der Waals surface area contributed by atoms with E-state index in [-0.39, 0.29) is 0 Å². The van der Waals surface area contributed by atoms with Gasteiger partial charge in [0, 0.05) is 6.20 Å². The summed E-state index contributed by atoms with van der Waals surface area (Å²) in [6.07, 6.45) is 3.34. The van der Waals surface area contributed by atoms with Gasteiger partial charge in [-0.05, 0) is 12.1 Å². The van der Waals surface area contributed by atoms with E-state index in [0.29, 0.717) is 11.6 Å². The summed E-state index contributed by atoms with van der Waals surface area (Å²) >= 11 is 0. The van der Waals surface area contributed by atoms with Gasteiger partial charge < -0.3 is 5.73 Å². The van der Waals surface area contributed by atoms with Crippen LogP contribution in [0, 0.1) is 0 Å². The van der Waals surface area contributed by atoms with E-state index in [4.69, 9.17) is 5.73 Å². The van der Waals surface area contributed by atoms with Crippen LogP contribution in [0.3, 0.4) is 0 Å². The summed E-state index contributed by atoms with van der Waals surface area (Å²) in [6.45, 7) is 0. The fraction of sp³-hybridized carbons (Fsp3) is 0. The lowest BCUT2D eigenvalue weighted by atomic mass is 10.3. The lowest BCUT2D eigenvalue weighted by Crippen LogP contribution is -2.21. The van der Waals surface area contributed by atoms with Crippen molar-refractivity contribution >= 4 is 33.7 Å². The number of H-pyrrole nitrogens is 2. The standard InChI is InChI=1S/C10H7N7/c11-9-7-8(17-10(16-7)13-4-14-17)6-5(15-9)2-1-3-12-6/h1-4H,(H3,11,12,13,14,15,16)/p+1. The molecule has 0 spiro atoms. The van der Waals surface area contributed by atoms with Crippen LogP contribution in [-0.2, 0) is 0 Å². The Bertz CT molecular complexity index is 857. The highest BCUT2D eigenvalue weighted by Gasteiger charge is 2.20. The van der Waals surface area contributed by atoms with E-state index in [1.807, 2.05) is 16.6 Å². The molecule has 4 heterocycles. The first kappa shape index (κ1) is 8.45. The molecule has 0 unspecified atom stereocenters. The fourth-order valence-electron chi connectivity index (χ4n) is 2.07. The monoisotopic (exact) mass is 226 g/mol. The predicted molar refractivity (Wildman–Crippen MR) is 61.1 cm³/mol. The van der Waals surface area contributed by atoms with Crippen molar-refractivity contribution in [2.24, 2.45) is 0 Å². The minimum absolute atomic E-state index is 0.444. The number of pyridine rings is 2. The van der Waals surface area contributed by atoms with Gasteiger partial charge in [0.15, 0.2) is 23.2 Å². The van der Waals surface area contributed by atoms with Crippen molar-refractivity contribution < 1.29 is 4.52 Å². The molecule has 7 heteroatoms. The van der Waals surface area contributed by atoms with Crippen molar-refractivity contribution in [3.63, 3.8) is 0 Å². The molecule has 0 aliphatic heterocycles. The van der Waals surface area contributed by atoms with Crippen LogP contribution in [0.4, 0.5) is 5.82 Å². The molecule has 0 amide bonds. The van der Waals surface area contributed by atoms with Gasteiger partial charge in [0.1, 0.15) is 5.52 Å². The first-order chi connectivity index (χ1) is 8.34. The van der Waals surface area contributed by atoms with Gasteiger partial charge in [-0.25, -0.2) is 15.1 Å². The number of nitrogens with two attached hydrogens (primary N) is 1. The van der Waals surface area contributed by atoms with Crippen LogP contribution in [-0.4, -0.2) is 25.0 Å². The van der Waals surface area contributed by atoms with Crippen molar-refractivity contribution in [1.82, 2.24) is 25.0 Å². The fourth-order valence-corrected chi connectivity index (χ4v) is 2.07. The van der Waals surface area contributed by atoms with E-state index in [1.54, 1.807) is 12.5 Å². The number of nitrogens with one attached hydrogen (secondary N) is 2. The number of aromatic amines is 2. The van der Waals surface area contributed by atoms with Crippen molar-refractivity contribution in [3.8, 4) is 0 Å². The SMILES string of the molecule is Nc1nc2cccnc2c2c1[nH]c1nc[nH][n+]12. The van der Waals surface area contributed by atoms with E-state index in [9.17, 15) is 0 Å². The zero-order valence-corrected chi connectivity index (χ0v) is 8.68. The molecule has 82 valence electrons. The molecule has 17 heavy (non-hydrogen) atoms. The Morgan fingerprint density at radius 1 is 1.29 bits per heavy atom. The Morgan fingerprint density at radius 3 is 3.18 bits per heavy atom. The van der Waals surface area contributed by atoms with Crippen LogP contribution in [0.2, 0.25) is 0 Å². The third kappa shape index (κ3) is 0.949. The van der Waals surface area contributed by atoms with E-state index in [0.717, 1.165) is 22.1 Å². The second kappa shape index (κ2) is 2.70. The van der Waals surface area contributed by atoms with Gasteiger partial charge in [-0.15, -0.1) is 4.52 Å². The molecule has 0 aliphatic rings. The third-order valence-electron chi connectivity index (χ3n) is 2.79. The molecular formula is C10H8N7+. The Hall–Kier alpha value is -2.70. The zero-order valence-electron chi connectivity index (χ0n) is 8.68. The maximum absolute atomic E-state index is 5.92. The molecule has 0 radical (unpaired) electrons. The molecule has 4 aromatic rings. The number of aromatic nitrogens is 6. The highest BCUT2D eigenvalue weighted by atomic mass is 15.3. The highest BCUT2D eigenvalue weighted by Crippen LogP contribution is 2.22. The second-order valence-corrected chi connectivity index (χ2v) is 3.76.